The number of methoxy groups -OCH3 is 1. The van der Waals surface area contributed by atoms with Gasteiger partial charge in [-0.3, -0.25) is 0 Å². The van der Waals surface area contributed by atoms with E-state index in [2.05, 4.69) is 40.2 Å². The smallest absolute Gasteiger partial charge is 0.410 e. The summed E-state index contributed by atoms with van der Waals surface area (Å²) in [6.07, 6.45) is 2.49. The van der Waals surface area contributed by atoms with Gasteiger partial charge < -0.3 is 19.1 Å². The lowest BCUT2D eigenvalue weighted by molar-refractivity contribution is 0.0275. The minimum atomic E-state index is -0.490. The Morgan fingerprint density at radius 3 is 2.47 bits per heavy atom. The molecule has 32 heavy (non-hydrogen) atoms. The second-order valence-corrected chi connectivity index (χ2v) is 10.2. The predicted octanol–water partition coefficient (Wildman–Crippen LogP) is 6.18. The first-order valence-corrected chi connectivity index (χ1v) is 11.8. The van der Waals surface area contributed by atoms with Gasteiger partial charge in [0.25, 0.3) is 0 Å². The number of carbonyl (C=O) groups is 1. The highest BCUT2D eigenvalue weighted by molar-refractivity contribution is 9.11. The third-order valence-corrected chi connectivity index (χ3v) is 6.51. The van der Waals surface area contributed by atoms with E-state index in [9.17, 15) is 4.79 Å². The Morgan fingerprint density at radius 1 is 1.06 bits per heavy atom. The summed E-state index contributed by atoms with van der Waals surface area (Å²) in [6, 6.07) is 14.5. The Hall–Kier alpha value is -2.47. The first-order valence-electron chi connectivity index (χ1n) is 11.0. The molecule has 0 bridgehead atoms. The van der Waals surface area contributed by atoms with Crippen LogP contribution in [0, 0.1) is 0 Å². The van der Waals surface area contributed by atoms with Crippen molar-refractivity contribution >= 4 is 27.6 Å². The fourth-order valence-corrected chi connectivity index (χ4v) is 4.81. The van der Waals surface area contributed by atoms with Crippen LogP contribution in [0.25, 0.3) is 5.57 Å². The first-order chi connectivity index (χ1) is 15.2. The van der Waals surface area contributed by atoms with E-state index in [1.807, 2.05) is 39.0 Å². The van der Waals surface area contributed by atoms with Crippen molar-refractivity contribution in [1.29, 1.82) is 0 Å². The van der Waals surface area contributed by atoms with Gasteiger partial charge in [-0.1, -0.05) is 34.1 Å². The van der Waals surface area contributed by atoms with E-state index in [-0.39, 0.29) is 12.2 Å². The van der Waals surface area contributed by atoms with Crippen molar-refractivity contribution in [3.63, 3.8) is 0 Å². The van der Waals surface area contributed by atoms with Gasteiger partial charge in [-0.25, -0.2) is 4.79 Å². The summed E-state index contributed by atoms with van der Waals surface area (Å²) in [7, 11) is 1.70. The summed E-state index contributed by atoms with van der Waals surface area (Å²) in [5, 5.41) is 0. The number of nitrogens with zero attached hydrogens (tertiary/aromatic N) is 1. The lowest BCUT2D eigenvalue weighted by atomic mass is 9.87. The number of amides is 1. The van der Waals surface area contributed by atoms with Crippen LogP contribution < -0.4 is 9.47 Å². The van der Waals surface area contributed by atoms with E-state index in [1.54, 1.807) is 12.0 Å². The van der Waals surface area contributed by atoms with Crippen molar-refractivity contribution in [2.45, 2.75) is 51.7 Å². The molecule has 4 rings (SSSR count). The van der Waals surface area contributed by atoms with E-state index in [0.29, 0.717) is 13.1 Å². The topological polar surface area (TPSA) is 48.0 Å². The van der Waals surface area contributed by atoms with Crippen molar-refractivity contribution in [2.75, 3.05) is 20.2 Å². The summed E-state index contributed by atoms with van der Waals surface area (Å²) in [6.45, 7) is 6.83. The Balaban J connectivity index is 1.45. The van der Waals surface area contributed by atoms with Crippen molar-refractivity contribution in [1.82, 2.24) is 4.90 Å². The number of benzene rings is 2. The molecule has 5 nitrogen and oxygen atoms in total. The molecule has 1 fully saturated rings. The minimum Gasteiger partial charge on any atom is -0.497 e. The molecule has 1 amide bonds. The van der Waals surface area contributed by atoms with Gasteiger partial charge in [-0.2, -0.15) is 0 Å². The van der Waals surface area contributed by atoms with Crippen molar-refractivity contribution in [3.05, 3.63) is 63.6 Å². The number of hydrogen-bond donors (Lipinski definition) is 0. The zero-order valence-electron chi connectivity index (χ0n) is 19.1. The van der Waals surface area contributed by atoms with E-state index >= 15 is 0 Å². The van der Waals surface area contributed by atoms with Crippen LogP contribution in [0.4, 0.5) is 4.79 Å². The highest BCUT2D eigenvalue weighted by Gasteiger charge is 2.31. The fourth-order valence-electron chi connectivity index (χ4n) is 4.17. The van der Waals surface area contributed by atoms with Crippen LogP contribution in [0.5, 0.6) is 11.5 Å². The Labute approximate surface area is 198 Å². The molecular formula is C26H30BrNO4. The summed E-state index contributed by atoms with van der Waals surface area (Å²) in [5.74, 6) is 1.67. The number of fused-ring (bicyclic) bond motifs is 1. The highest BCUT2D eigenvalue weighted by atomic mass is 79.9. The van der Waals surface area contributed by atoms with Crippen LogP contribution in [0.2, 0.25) is 0 Å². The molecule has 0 N–H and O–H groups in total. The highest BCUT2D eigenvalue weighted by Crippen LogP contribution is 2.40. The van der Waals surface area contributed by atoms with Crippen LogP contribution in [-0.4, -0.2) is 42.9 Å². The maximum atomic E-state index is 12.3. The zero-order valence-corrected chi connectivity index (χ0v) is 20.7. The molecule has 0 aromatic heterocycles. The van der Waals surface area contributed by atoms with Crippen LogP contribution in [0.1, 0.15) is 50.3 Å². The van der Waals surface area contributed by atoms with E-state index in [1.165, 1.54) is 21.2 Å². The molecule has 0 saturated carbocycles. The average Bonchev–Trinajstić information content (AvgIpc) is 3.21. The average molecular weight is 500 g/mol. The monoisotopic (exact) mass is 499 g/mol. The number of hydrogen-bond acceptors (Lipinski definition) is 4. The molecule has 2 aromatic carbocycles. The second kappa shape index (κ2) is 9.18. The summed E-state index contributed by atoms with van der Waals surface area (Å²) in [5.41, 5.74) is 4.39. The Kier molecular flexibility index (Phi) is 6.52. The van der Waals surface area contributed by atoms with Gasteiger partial charge in [0.15, 0.2) is 0 Å². The summed E-state index contributed by atoms with van der Waals surface area (Å²) in [4.78, 5) is 14.0. The molecule has 2 aromatic rings. The van der Waals surface area contributed by atoms with Crippen LogP contribution in [0.3, 0.4) is 0 Å². The lowest BCUT2D eigenvalue weighted by Gasteiger charge is -2.24. The molecule has 6 heteroatoms. The van der Waals surface area contributed by atoms with Gasteiger partial charge in [0, 0.05) is 17.4 Å². The van der Waals surface area contributed by atoms with E-state index in [0.717, 1.165) is 36.3 Å². The molecule has 1 atom stereocenters. The fraction of sp³-hybridized carbons (Fsp3) is 0.423. The third-order valence-electron chi connectivity index (χ3n) is 5.71. The second-order valence-electron chi connectivity index (χ2n) is 9.28. The number of ether oxygens (including phenoxy) is 3. The minimum absolute atomic E-state index is 0.0287. The Bertz CT molecular complexity index is 1020. The summed E-state index contributed by atoms with van der Waals surface area (Å²) >= 11 is 3.80. The number of rotatable bonds is 4. The predicted molar refractivity (Wildman–Crippen MR) is 130 cm³/mol. The van der Waals surface area contributed by atoms with Gasteiger partial charge >= 0.3 is 6.09 Å². The lowest BCUT2D eigenvalue weighted by Crippen LogP contribution is -2.36. The van der Waals surface area contributed by atoms with Crippen molar-refractivity contribution < 1.29 is 19.0 Å². The number of aryl methyl sites for hydroxylation is 1. The summed E-state index contributed by atoms with van der Waals surface area (Å²) < 4.78 is 18.3. The molecule has 1 aliphatic heterocycles. The van der Waals surface area contributed by atoms with Gasteiger partial charge in [0.2, 0.25) is 0 Å². The third kappa shape index (κ3) is 5.12. The standard InChI is InChI=1S/C26H30BrNO4/c1-26(2,3)32-25(29)28-14-13-21(16-28)31-19-9-6-18(7-10-19)24-22-15-20(30-4)11-5-17(22)8-12-23(24)27/h5-7,9-11,15,21H,8,12-14,16H2,1-4H3/t21-/m0/s1. The quantitative estimate of drug-likeness (QED) is 0.503. The molecule has 2 aliphatic rings. The molecule has 170 valence electrons. The van der Waals surface area contributed by atoms with E-state index < -0.39 is 5.60 Å². The Morgan fingerprint density at radius 2 is 1.78 bits per heavy atom. The zero-order chi connectivity index (χ0) is 22.9. The maximum Gasteiger partial charge on any atom is 0.410 e. The van der Waals surface area contributed by atoms with Crippen molar-refractivity contribution in [2.24, 2.45) is 0 Å². The van der Waals surface area contributed by atoms with Gasteiger partial charge in [-0.15, -0.1) is 0 Å². The maximum absolute atomic E-state index is 12.3. The van der Waals surface area contributed by atoms with E-state index in [4.69, 9.17) is 14.2 Å². The molecule has 0 radical (unpaired) electrons. The van der Waals surface area contributed by atoms with Gasteiger partial charge in [-0.05, 0) is 80.1 Å². The largest absolute Gasteiger partial charge is 0.497 e. The van der Waals surface area contributed by atoms with Crippen LogP contribution in [-0.2, 0) is 11.2 Å². The molecule has 0 spiro atoms. The number of halogens is 1. The first kappa shape index (κ1) is 22.7. The number of allylic oxidation sites excluding steroid dienone is 1. The molecular weight excluding hydrogens is 470 g/mol. The van der Waals surface area contributed by atoms with Gasteiger partial charge in [0.1, 0.15) is 23.2 Å². The molecule has 0 unspecified atom stereocenters. The normalized spacial score (nSPS) is 18.4. The van der Waals surface area contributed by atoms with Gasteiger partial charge in [0.05, 0.1) is 13.7 Å². The molecule has 1 heterocycles. The number of carbonyl (C=O) groups excluding carboxylic acids is 1. The molecule has 1 saturated heterocycles. The number of likely N-dealkylation sites (tertiary alicyclic amines) is 1. The SMILES string of the molecule is COc1ccc2c(c1)C(c1ccc(O[C@H]3CCN(C(=O)OC(C)(C)C)C3)cc1)=C(Br)CC2. The molecule has 1 aliphatic carbocycles. The van der Waals surface area contributed by atoms with Crippen LogP contribution in [0.15, 0.2) is 46.9 Å². The van der Waals surface area contributed by atoms with Crippen molar-refractivity contribution in [3.8, 4) is 11.5 Å². The van der Waals surface area contributed by atoms with Crippen LogP contribution >= 0.6 is 15.9 Å².